The van der Waals surface area contributed by atoms with E-state index in [1.54, 1.807) is 32.4 Å². The van der Waals surface area contributed by atoms with Gasteiger partial charge in [0.2, 0.25) is 0 Å². The molecule has 15 heavy (non-hydrogen) atoms. The highest BCUT2D eigenvalue weighted by atomic mass is 16.5. The molecule has 0 unspecified atom stereocenters. The lowest BCUT2D eigenvalue weighted by molar-refractivity contribution is 0.0595. The van der Waals surface area contributed by atoms with Gasteiger partial charge in [-0.3, -0.25) is 0 Å². The van der Waals surface area contributed by atoms with Crippen LogP contribution in [0.1, 0.15) is 15.9 Å². The summed E-state index contributed by atoms with van der Waals surface area (Å²) in [6.45, 7) is 0.314. The number of ether oxygens (including phenoxy) is 3. The molecule has 4 nitrogen and oxygen atoms in total. The van der Waals surface area contributed by atoms with Gasteiger partial charge >= 0.3 is 5.97 Å². The molecule has 1 aromatic carbocycles. The molecule has 82 valence electrons. The topological polar surface area (TPSA) is 44.8 Å². The Kier molecular flexibility index (Phi) is 4.12. The molecule has 0 fully saturated rings. The van der Waals surface area contributed by atoms with Crippen LogP contribution < -0.4 is 4.74 Å². The predicted octanol–water partition coefficient (Wildman–Crippen LogP) is 1.63. The summed E-state index contributed by atoms with van der Waals surface area (Å²) in [6, 6.07) is 5.20. The van der Waals surface area contributed by atoms with E-state index in [0.717, 1.165) is 0 Å². The van der Waals surface area contributed by atoms with Crippen molar-refractivity contribution in [2.24, 2.45) is 0 Å². The SMILES string of the molecule is COCc1c(OC)cccc1C(=O)OC. The van der Waals surface area contributed by atoms with E-state index in [0.29, 0.717) is 23.5 Å². The zero-order valence-corrected chi connectivity index (χ0v) is 9.07. The molecule has 4 heteroatoms. The van der Waals surface area contributed by atoms with Crippen molar-refractivity contribution in [2.75, 3.05) is 21.3 Å². The molecule has 0 N–H and O–H groups in total. The summed E-state index contributed by atoms with van der Waals surface area (Å²) in [5, 5.41) is 0. The predicted molar refractivity (Wildman–Crippen MR) is 55.0 cm³/mol. The maximum atomic E-state index is 11.4. The highest BCUT2D eigenvalue weighted by molar-refractivity contribution is 5.91. The third-order valence-corrected chi connectivity index (χ3v) is 2.05. The Balaban J connectivity index is 3.18. The lowest BCUT2D eigenvalue weighted by Gasteiger charge is -2.11. The molecule has 0 aromatic heterocycles. The third kappa shape index (κ3) is 2.47. The number of esters is 1. The second kappa shape index (κ2) is 5.36. The Morgan fingerprint density at radius 1 is 1.27 bits per heavy atom. The first kappa shape index (κ1) is 11.5. The molecule has 1 aromatic rings. The Bertz CT molecular complexity index is 346. The van der Waals surface area contributed by atoms with Crippen molar-refractivity contribution in [1.82, 2.24) is 0 Å². The van der Waals surface area contributed by atoms with Crippen LogP contribution in [0.4, 0.5) is 0 Å². The molecule has 0 amide bonds. The Labute approximate surface area is 88.8 Å². The first-order valence-electron chi connectivity index (χ1n) is 4.47. The molecule has 0 aliphatic heterocycles. The van der Waals surface area contributed by atoms with Crippen LogP contribution in [0.5, 0.6) is 5.75 Å². The van der Waals surface area contributed by atoms with Crippen molar-refractivity contribution < 1.29 is 19.0 Å². The minimum Gasteiger partial charge on any atom is -0.496 e. The second-order valence-electron chi connectivity index (χ2n) is 2.91. The van der Waals surface area contributed by atoms with Gasteiger partial charge in [-0.1, -0.05) is 6.07 Å². The van der Waals surface area contributed by atoms with Crippen LogP contribution in [0.3, 0.4) is 0 Å². The molecule has 1 rings (SSSR count). The number of rotatable bonds is 4. The van der Waals surface area contributed by atoms with Gasteiger partial charge in [-0.15, -0.1) is 0 Å². The molecule has 0 saturated carbocycles. The van der Waals surface area contributed by atoms with Gasteiger partial charge in [-0.25, -0.2) is 4.79 Å². The number of carbonyl (C=O) groups excluding carboxylic acids is 1. The van der Waals surface area contributed by atoms with Crippen LogP contribution in [0, 0.1) is 0 Å². The lowest BCUT2D eigenvalue weighted by atomic mass is 10.1. The Hall–Kier alpha value is -1.55. The number of carbonyl (C=O) groups is 1. The summed E-state index contributed by atoms with van der Waals surface area (Å²) in [7, 11) is 4.46. The van der Waals surface area contributed by atoms with Gasteiger partial charge in [0, 0.05) is 12.7 Å². The van der Waals surface area contributed by atoms with Gasteiger partial charge in [0.05, 0.1) is 26.4 Å². The quantitative estimate of drug-likeness (QED) is 0.708. The van der Waals surface area contributed by atoms with E-state index in [9.17, 15) is 4.79 Å². The van der Waals surface area contributed by atoms with Crippen molar-refractivity contribution >= 4 is 5.97 Å². The minimum absolute atomic E-state index is 0.314. The first-order valence-corrected chi connectivity index (χ1v) is 4.47. The van der Waals surface area contributed by atoms with Crippen LogP contribution in [0.2, 0.25) is 0 Å². The van der Waals surface area contributed by atoms with E-state index in [4.69, 9.17) is 9.47 Å². The largest absolute Gasteiger partial charge is 0.496 e. The van der Waals surface area contributed by atoms with E-state index in [-0.39, 0.29) is 5.97 Å². The van der Waals surface area contributed by atoms with Crippen molar-refractivity contribution in [3.63, 3.8) is 0 Å². The van der Waals surface area contributed by atoms with Gasteiger partial charge in [-0.2, -0.15) is 0 Å². The summed E-state index contributed by atoms with van der Waals surface area (Å²) in [6.07, 6.45) is 0. The average molecular weight is 210 g/mol. The Morgan fingerprint density at radius 3 is 2.53 bits per heavy atom. The summed E-state index contributed by atoms with van der Waals surface area (Å²) in [5.74, 6) is 0.237. The summed E-state index contributed by atoms with van der Waals surface area (Å²) in [5.41, 5.74) is 1.17. The van der Waals surface area contributed by atoms with Gasteiger partial charge in [0.15, 0.2) is 0 Å². The Morgan fingerprint density at radius 2 is 2.00 bits per heavy atom. The molecule has 0 aliphatic rings. The number of benzene rings is 1. The highest BCUT2D eigenvalue weighted by Gasteiger charge is 2.15. The minimum atomic E-state index is -0.388. The number of hydrogen-bond acceptors (Lipinski definition) is 4. The molecule has 0 saturated heterocycles. The van der Waals surface area contributed by atoms with E-state index >= 15 is 0 Å². The molecule has 0 spiro atoms. The average Bonchev–Trinajstić information content (AvgIpc) is 2.28. The van der Waals surface area contributed by atoms with Crippen LogP contribution >= 0.6 is 0 Å². The normalized spacial score (nSPS) is 9.80. The molecular weight excluding hydrogens is 196 g/mol. The standard InChI is InChI=1S/C11H14O4/c1-13-7-9-8(11(12)15-3)5-4-6-10(9)14-2/h4-6H,7H2,1-3H3. The van der Waals surface area contributed by atoms with E-state index < -0.39 is 0 Å². The van der Waals surface area contributed by atoms with E-state index in [1.165, 1.54) is 7.11 Å². The zero-order chi connectivity index (χ0) is 11.3. The van der Waals surface area contributed by atoms with Gasteiger partial charge < -0.3 is 14.2 Å². The number of methoxy groups -OCH3 is 3. The maximum Gasteiger partial charge on any atom is 0.338 e. The molecular formula is C11H14O4. The van der Waals surface area contributed by atoms with Crippen LogP contribution in [0.25, 0.3) is 0 Å². The molecule has 0 atom stereocenters. The van der Waals surface area contributed by atoms with Crippen LogP contribution in [-0.2, 0) is 16.1 Å². The third-order valence-electron chi connectivity index (χ3n) is 2.05. The molecule has 0 bridgehead atoms. The van der Waals surface area contributed by atoms with Gasteiger partial charge in [0.1, 0.15) is 5.75 Å². The van der Waals surface area contributed by atoms with Crippen molar-refractivity contribution in [3.8, 4) is 5.75 Å². The highest BCUT2D eigenvalue weighted by Crippen LogP contribution is 2.23. The van der Waals surface area contributed by atoms with Crippen molar-refractivity contribution in [2.45, 2.75) is 6.61 Å². The van der Waals surface area contributed by atoms with Crippen molar-refractivity contribution in [1.29, 1.82) is 0 Å². The van der Waals surface area contributed by atoms with Gasteiger partial charge in [0.25, 0.3) is 0 Å². The second-order valence-corrected chi connectivity index (χ2v) is 2.91. The van der Waals surface area contributed by atoms with Crippen LogP contribution in [-0.4, -0.2) is 27.3 Å². The fourth-order valence-electron chi connectivity index (χ4n) is 1.35. The summed E-state index contributed by atoms with van der Waals surface area (Å²) < 4.78 is 14.8. The van der Waals surface area contributed by atoms with E-state index in [1.807, 2.05) is 0 Å². The van der Waals surface area contributed by atoms with Crippen LogP contribution in [0.15, 0.2) is 18.2 Å². The molecule has 0 heterocycles. The first-order chi connectivity index (χ1) is 7.24. The maximum absolute atomic E-state index is 11.4. The molecule has 0 radical (unpaired) electrons. The summed E-state index contributed by atoms with van der Waals surface area (Å²) in [4.78, 5) is 11.4. The zero-order valence-electron chi connectivity index (χ0n) is 9.07. The fraction of sp³-hybridized carbons (Fsp3) is 0.364. The lowest BCUT2D eigenvalue weighted by Crippen LogP contribution is -2.07. The summed E-state index contributed by atoms with van der Waals surface area (Å²) >= 11 is 0. The number of hydrogen-bond donors (Lipinski definition) is 0. The van der Waals surface area contributed by atoms with E-state index in [2.05, 4.69) is 4.74 Å². The van der Waals surface area contributed by atoms with Crippen molar-refractivity contribution in [3.05, 3.63) is 29.3 Å². The molecule has 0 aliphatic carbocycles. The monoisotopic (exact) mass is 210 g/mol. The van der Waals surface area contributed by atoms with Gasteiger partial charge in [-0.05, 0) is 12.1 Å². The smallest absolute Gasteiger partial charge is 0.338 e. The fourth-order valence-corrected chi connectivity index (χ4v) is 1.35.